The first-order chi connectivity index (χ1) is 14.1. The Bertz CT molecular complexity index is 1170. The van der Waals surface area contributed by atoms with Crippen LogP contribution < -0.4 is 5.43 Å². The Hall–Kier alpha value is -3.60. The van der Waals surface area contributed by atoms with Crippen LogP contribution in [0.25, 0.3) is 10.9 Å². The maximum absolute atomic E-state index is 12.2. The molecule has 0 atom stereocenters. The minimum Gasteiger partial charge on any atom is -0.354 e. The van der Waals surface area contributed by atoms with Gasteiger partial charge in [-0.15, -0.1) is 0 Å². The summed E-state index contributed by atoms with van der Waals surface area (Å²) < 4.78 is 4.22. The number of carbonyl (C=O) groups excluding carboxylic acids is 1. The van der Waals surface area contributed by atoms with Crippen molar-refractivity contribution in [3.05, 3.63) is 95.4 Å². The first-order valence-corrected chi connectivity index (χ1v) is 9.67. The molecular weight excluding hydrogens is 360 g/mol. The second-order valence-corrected chi connectivity index (χ2v) is 7.17. The van der Waals surface area contributed by atoms with Crippen LogP contribution in [0.5, 0.6) is 0 Å². The number of amides is 1. The molecule has 2 heterocycles. The molecule has 0 spiro atoms. The summed E-state index contributed by atoms with van der Waals surface area (Å²) >= 11 is 0. The van der Waals surface area contributed by atoms with Crippen molar-refractivity contribution in [3.63, 3.8) is 0 Å². The molecule has 0 aliphatic carbocycles. The van der Waals surface area contributed by atoms with E-state index in [1.165, 1.54) is 5.56 Å². The van der Waals surface area contributed by atoms with Crippen LogP contribution in [-0.2, 0) is 24.8 Å². The van der Waals surface area contributed by atoms with Gasteiger partial charge in [0.15, 0.2) is 0 Å². The van der Waals surface area contributed by atoms with Crippen LogP contribution in [0.15, 0.2) is 78.0 Å². The van der Waals surface area contributed by atoms with E-state index >= 15 is 0 Å². The fourth-order valence-electron chi connectivity index (χ4n) is 3.64. The first kappa shape index (κ1) is 18.7. The number of nitrogens with one attached hydrogen (secondary N) is 1. The number of para-hydroxylation sites is 1. The summed E-state index contributed by atoms with van der Waals surface area (Å²) in [7, 11) is 1.93. The van der Waals surface area contributed by atoms with Crippen LogP contribution >= 0.6 is 0 Å². The van der Waals surface area contributed by atoms with Crippen LogP contribution in [0.3, 0.4) is 0 Å². The number of nitrogens with zero attached hydrogens (tertiary/aromatic N) is 3. The molecule has 4 aromatic rings. The largest absolute Gasteiger partial charge is 0.354 e. The van der Waals surface area contributed by atoms with E-state index in [1.807, 2.05) is 48.1 Å². The van der Waals surface area contributed by atoms with E-state index in [0.29, 0.717) is 6.42 Å². The smallest absolute Gasteiger partial charge is 0.245 e. The van der Waals surface area contributed by atoms with E-state index in [0.717, 1.165) is 34.4 Å². The molecule has 0 aliphatic rings. The van der Waals surface area contributed by atoms with Crippen molar-refractivity contribution >= 4 is 23.0 Å². The molecule has 0 unspecified atom stereocenters. The average Bonchev–Trinajstić information content (AvgIpc) is 3.25. The number of aromatic nitrogens is 2. The maximum Gasteiger partial charge on any atom is 0.245 e. The van der Waals surface area contributed by atoms with Crippen molar-refractivity contribution in [2.45, 2.75) is 19.9 Å². The molecule has 1 N–H and O–H groups in total. The number of fused-ring (bicyclic) bond motifs is 1. The number of hydrogen-bond acceptors (Lipinski definition) is 2. The Morgan fingerprint density at radius 2 is 1.79 bits per heavy atom. The Labute approximate surface area is 170 Å². The van der Waals surface area contributed by atoms with Gasteiger partial charge in [-0.25, -0.2) is 5.43 Å². The Kier molecular flexibility index (Phi) is 5.29. The summed E-state index contributed by atoms with van der Waals surface area (Å²) in [5, 5.41) is 5.36. The van der Waals surface area contributed by atoms with Crippen LogP contribution in [0.1, 0.15) is 22.5 Å². The average molecular weight is 384 g/mol. The van der Waals surface area contributed by atoms with Crippen LogP contribution in [0.4, 0.5) is 0 Å². The molecule has 0 saturated carbocycles. The second kappa shape index (κ2) is 8.19. The quantitative estimate of drug-likeness (QED) is 0.396. The van der Waals surface area contributed by atoms with E-state index in [2.05, 4.69) is 58.4 Å². The fraction of sp³-hybridized carbons (Fsp3) is 0.167. The lowest BCUT2D eigenvalue weighted by Gasteiger charge is -2.08. The summed E-state index contributed by atoms with van der Waals surface area (Å²) in [6.45, 7) is 2.89. The highest BCUT2D eigenvalue weighted by Crippen LogP contribution is 2.25. The van der Waals surface area contributed by atoms with E-state index in [-0.39, 0.29) is 5.91 Å². The third-order valence-corrected chi connectivity index (χ3v) is 5.24. The molecule has 2 aromatic heterocycles. The van der Waals surface area contributed by atoms with Gasteiger partial charge in [0.1, 0.15) is 0 Å². The number of benzene rings is 2. The lowest BCUT2D eigenvalue weighted by molar-refractivity contribution is -0.120. The molecule has 0 fully saturated rings. The Morgan fingerprint density at radius 3 is 2.55 bits per heavy atom. The molecule has 4 rings (SSSR count). The topological polar surface area (TPSA) is 51.3 Å². The summed E-state index contributed by atoms with van der Waals surface area (Å²) in [4.78, 5) is 12.2. The third-order valence-electron chi connectivity index (χ3n) is 5.24. The van der Waals surface area contributed by atoms with Crippen molar-refractivity contribution in [2.75, 3.05) is 0 Å². The monoisotopic (exact) mass is 384 g/mol. The van der Waals surface area contributed by atoms with Gasteiger partial charge >= 0.3 is 0 Å². The summed E-state index contributed by atoms with van der Waals surface area (Å²) in [5.74, 6) is -0.131. The van der Waals surface area contributed by atoms with Crippen molar-refractivity contribution in [2.24, 2.45) is 12.1 Å². The van der Waals surface area contributed by atoms with Crippen molar-refractivity contribution in [3.8, 4) is 0 Å². The molecule has 0 aliphatic heterocycles. The lowest BCUT2D eigenvalue weighted by atomic mass is 10.1. The van der Waals surface area contributed by atoms with E-state index in [1.54, 1.807) is 6.21 Å². The van der Waals surface area contributed by atoms with Crippen LogP contribution in [0.2, 0.25) is 0 Å². The molecule has 1 amide bonds. The molecule has 0 radical (unpaired) electrons. The molecule has 5 heteroatoms. The Morgan fingerprint density at radius 1 is 1.03 bits per heavy atom. The molecule has 0 bridgehead atoms. The van der Waals surface area contributed by atoms with Gasteiger partial charge in [0.05, 0.1) is 12.6 Å². The van der Waals surface area contributed by atoms with Gasteiger partial charge in [-0.2, -0.15) is 5.10 Å². The fourth-order valence-corrected chi connectivity index (χ4v) is 3.64. The van der Waals surface area contributed by atoms with Crippen molar-refractivity contribution in [1.82, 2.24) is 14.6 Å². The van der Waals surface area contributed by atoms with E-state index in [4.69, 9.17) is 0 Å². The number of carbonyl (C=O) groups is 1. The predicted molar refractivity (Wildman–Crippen MR) is 117 cm³/mol. The van der Waals surface area contributed by atoms with Gasteiger partial charge < -0.3 is 9.13 Å². The molecule has 29 heavy (non-hydrogen) atoms. The third kappa shape index (κ3) is 3.99. The predicted octanol–water partition coefficient (Wildman–Crippen LogP) is 4.03. The van der Waals surface area contributed by atoms with Gasteiger partial charge in [0, 0.05) is 47.6 Å². The van der Waals surface area contributed by atoms with E-state index in [9.17, 15) is 4.79 Å². The number of hydrogen-bond donors (Lipinski definition) is 1. The minimum atomic E-state index is -0.131. The first-order valence-electron chi connectivity index (χ1n) is 9.67. The Balaban J connectivity index is 1.57. The summed E-state index contributed by atoms with van der Waals surface area (Å²) in [6.07, 6.45) is 3.98. The highest BCUT2D eigenvalue weighted by Gasteiger charge is 2.13. The normalized spacial score (nSPS) is 11.4. The van der Waals surface area contributed by atoms with Gasteiger partial charge in [-0.05, 0) is 30.7 Å². The van der Waals surface area contributed by atoms with Gasteiger partial charge in [-0.3, -0.25) is 4.79 Å². The SMILES string of the molecule is Cc1c(C=NNC(=O)Cc2cccn2C)c2ccccc2n1Cc1ccccc1. The van der Waals surface area contributed by atoms with E-state index < -0.39 is 0 Å². The summed E-state index contributed by atoms with van der Waals surface area (Å²) in [5.41, 5.74) is 8.16. The zero-order valence-electron chi connectivity index (χ0n) is 16.7. The number of hydrazone groups is 1. The van der Waals surface area contributed by atoms with Crippen LogP contribution in [-0.4, -0.2) is 21.3 Å². The number of rotatable bonds is 6. The molecule has 2 aromatic carbocycles. The highest BCUT2D eigenvalue weighted by atomic mass is 16.2. The van der Waals surface area contributed by atoms with Gasteiger partial charge in [0.2, 0.25) is 5.91 Å². The van der Waals surface area contributed by atoms with Crippen LogP contribution in [0, 0.1) is 6.92 Å². The molecule has 146 valence electrons. The lowest BCUT2D eigenvalue weighted by Crippen LogP contribution is -2.21. The molecular formula is C24H24N4O. The second-order valence-electron chi connectivity index (χ2n) is 7.17. The van der Waals surface area contributed by atoms with Gasteiger partial charge in [0.25, 0.3) is 0 Å². The van der Waals surface area contributed by atoms with Crippen molar-refractivity contribution in [1.29, 1.82) is 0 Å². The zero-order valence-corrected chi connectivity index (χ0v) is 16.7. The van der Waals surface area contributed by atoms with Crippen molar-refractivity contribution < 1.29 is 4.79 Å². The minimum absolute atomic E-state index is 0.131. The maximum atomic E-state index is 12.2. The van der Waals surface area contributed by atoms with Gasteiger partial charge in [-0.1, -0.05) is 48.5 Å². The standard InChI is InChI=1S/C24H24N4O/c1-18-22(16-25-26-24(29)15-20-11-8-14-27(20)2)21-12-6-7-13-23(21)28(18)17-19-9-4-3-5-10-19/h3-14,16H,15,17H2,1-2H3,(H,26,29). The molecule has 0 saturated heterocycles. The highest BCUT2D eigenvalue weighted by molar-refractivity contribution is 6.01. The molecule has 5 nitrogen and oxygen atoms in total. The number of aryl methyl sites for hydroxylation is 1. The zero-order chi connectivity index (χ0) is 20.2. The summed E-state index contributed by atoms with van der Waals surface area (Å²) in [6, 6.07) is 22.6.